The lowest BCUT2D eigenvalue weighted by Crippen LogP contribution is -2.41. The van der Waals surface area contributed by atoms with Crippen LogP contribution >= 0.6 is 0 Å². The fraction of sp³-hybridized carbons (Fsp3) is 0.261. The van der Waals surface area contributed by atoms with Gasteiger partial charge in [-0.05, 0) is 50.2 Å². The fourth-order valence-electron chi connectivity index (χ4n) is 3.68. The van der Waals surface area contributed by atoms with Gasteiger partial charge in [0, 0.05) is 30.4 Å². The molecule has 0 bridgehead atoms. The van der Waals surface area contributed by atoms with Crippen LogP contribution in [0.2, 0.25) is 0 Å². The molecule has 3 aromatic rings. The van der Waals surface area contributed by atoms with E-state index in [1.54, 1.807) is 6.07 Å². The summed E-state index contributed by atoms with van der Waals surface area (Å²) in [6, 6.07) is 19.6. The van der Waals surface area contributed by atoms with E-state index in [2.05, 4.69) is 35.8 Å². The summed E-state index contributed by atoms with van der Waals surface area (Å²) in [5, 5.41) is 0. The van der Waals surface area contributed by atoms with Gasteiger partial charge < -0.3 is 4.90 Å². The molecule has 2 heterocycles. The van der Waals surface area contributed by atoms with E-state index in [0.717, 1.165) is 31.5 Å². The summed E-state index contributed by atoms with van der Waals surface area (Å²) in [7, 11) is 0. The number of rotatable bonds is 4. The normalized spacial score (nSPS) is 15.2. The average Bonchev–Trinajstić information content (AvgIpc) is 3.20. The number of halogens is 2. The third-order valence-electron chi connectivity index (χ3n) is 5.48. The lowest BCUT2D eigenvalue weighted by Gasteiger charge is -2.35. The van der Waals surface area contributed by atoms with Crippen molar-refractivity contribution in [2.75, 3.05) is 24.7 Å². The van der Waals surface area contributed by atoms with Crippen LogP contribution < -0.4 is 4.90 Å². The van der Waals surface area contributed by atoms with Crippen molar-refractivity contribution in [3.05, 3.63) is 84.1 Å². The van der Waals surface area contributed by atoms with Gasteiger partial charge in [-0.1, -0.05) is 24.3 Å². The minimum Gasteiger partial charge on any atom is -0.357 e. The van der Waals surface area contributed by atoms with Gasteiger partial charge in [-0.25, -0.2) is 8.78 Å². The Balaban J connectivity index is 1.60. The van der Waals surface area contributed by atoms with E-state index in [0.29, 0.717) is 11.3 Å². The van der Waals surface area contributed by atoms with Crippen molar-refractivity contribution in [1.29, 1.82) is 0 Å². The molecule has 4 rings (SSSR count). The Hall–Kier alpha value is -2.79. The summed E-state index contributed by atoms with van der Waals surface area (Å²) in [6.07, 6.45) is 0. The quantitative estimate of drug-likeness (QED) is 0.633. The molecule has 0 saturated carbocycles. The monoisotopic (exact) mass is 379 g/mol. The summed E-state index contributed by atoms with van der Waals surface area (Å²) < 4.78 is 27.4. The third-order valence-corrected chi connectivity index (χ3v) is 5.48. The van der Waals surface area contributed by atoms with E-state index in [1.807, 2.05) is 30.3 Å². The molecule has 0 N–H and O–H groups in total. The van der Waals surface area contributed by atoms with Crippen molar-refractivity contribution in [1.82, 2.24) is 9.88 Å². The Morgan fingerprint density at radius 1 is 0.893 bits per heavy atom. The molecule has 3 nitrogen and oxygen atoms in total. The zero-order valence-corrected chi connectivity index (χ0v) is 16.1. The van der Waals surface area contributed by atoms with Gasteiger partial charge in [0.1, 0.15) is 11.6 Å². The largest absolute Gasteiger partial charge is 0.357 e. The summed E-state index contributed by atoms with van der Waals surface area (Å²) in [5.74, 6) is -1.19. The Morgan fingerprint density at radius 2 is 1.68 bits per heavy atom. The van der Waals surface area contributed by atoms with Gasteiger partial charge in [0.25, 0.3) is 0 Å². The smallest absolute Gasteiger partial charge is 0.135 e. The van der Waals surface area contributed by atoms with Gasteiger partial charge in [-0.2, -0.15) is 0 Å². The standard InChI is InChI=1S/C23H23F2N3/c1-23(2,28-14-13-27(16-28)18-7-4-3-5-8-18)22-10-6-9-21(26-22)19-12-11-17(24)15-20(19)25/h3-12,15H,13-14,16H2,1-2H3. The number of anilines is 1. The van der Waals surface area contributed by atoms with E-state index in [9.17, 15) is 8.78 Å². The molecule has 28 heavy (non-hydrogen) atoms. The van der Waals surface area contributed by atoms with Crippen molar-refractivity contribution in [2.45, 2.75) is 19.4 Å². The first kappa shape index (κ1) is 18.6. The first-order valence-corrected chi connectivity index (χ1v) is 9.43. The molecule has 5 heteroatoms. The van der Waals surface area contributed by atoms with Crippen molar-refractivity contribution in [3.63, 3.8) is 0 Å². The summed E-state index contributed by atoms with van der Waals surface area (Å²) in [5.41, 5.74) is 2.57. The number of aromatic nitrogens is 1. The molecule has 1 aliphatic heterocycles. The fourth-order valence-corrected chi connectivity index (χ4v) is 3.68. The average molecular weight is 379 g/mol. The van der Waals surface area contributed by atoms with Crippen LogP contribution in [0, 0.1) is 11.6 Å². The van der Waals surface area contributed by atoms with Gasteiger partial charge in [0.2, 0.25) is 0 Å². The lowest BCUT2D eigenvalue weighted by molar-refractivity contribution is 0.152. The maximum atomic E-state index is 14.2. The highest BCUT2D eigenvalue weighted by atomic mass is 19.1. The van der Waals surface area contributed by atoms with E-state index < -0.39 is 11.6 Å². The zero-order valence-electron chi connectivity index (χ0n) is 16.1. The van der Waals surface area contributed by atoms with Gasteiger partial charge in [0.05, 0.1) is 23.6 Å². The number of hydrogen-bond donors (Lipinski definition) is 0. The van der Waals surface area contributed by atoms with Crippen molar-refractivity contribution < 1.29 is 8.78 Å². The van der Waals surface area contributed by atoms with Gasteiger partial charge in [-0.15, -0.1) is 0 Å². The van der Waals surface area contributed by atoms with E-state index in [1.165, 1.54) is 17.8 Å². The van der Waals surface area contributed by atoms with Crippen LogP contribution in [0.25, 0.3) is 11.3 Å². The van der Waals surface area contributed by atoms with Crippen LogP contribution in [0.4, 0.5) is 14.5 Å². The first-order valence-electron chi connectivity index (χ1n) is 9.43. The number of benzene rings is 2. The van der Waals surface area contributed by atoms with Crippen LogP contribution in [0.3, 0.4) is 0 Å². The van der Waals surface area contributed by atoms with E-state index in [-0.39, 0.29) is 5.54 Å². The van der Waals surface area contributed by atoms with Gasteiger partial charge >= 0.3 is 0 Å². The zero-order chi connectivity index (χ0) is 19.7. The van der Waals surface area contributed by atoms with Crippen LogP contribution in [-0.2, 0) is 5.54 Å². The molecule has 0 atom stereocenters. The lowest BCUT2D eigenvalue weighted by atomic mass is 9.97. The second kappa shape index (κ2) is 7.32. The molecule has 1 saturated heterocycles. The molecule has 1 aromatic heterocycles. The highest BCUT2D eigenvalue weighted by molar-refractivity contribution is 5.60. The summed E-state index contributed by atoms with van der Waals surface area (Å²) in [6.45, 7) is 6.93. The maximum absolute atomic E-state index is 14.2. The molecule has 0 radical (unpaired) electrons. The number of nitrogens with zero attached hydrogens (tertiary/aromatic N) is 3. The predicted molar refractivity (Wildman–Crippen MR) is 108 cm³/mol. The number of pyridine rings is 1. The van der Waals surface area contributed by atoms with Crippen LogP contribution in [0.15, 0.2) is 66.7 Å². The summed E-state index contributed by atoms with van der Waals surface area (Å²) in [4.78, 5) is 9.43. The number of hydrogen-bond acceptors (Lipinski definition) is 3. The molecule has 1 fully saturated rings. The van der Waals surface area contributed by atoms with Crippen molar-refractivity contribution in [3.8, 4) is 11.3 Å². The molecule has 1 aliphatic rings. The molecule has 144 valence electrons. The second-order valence-electron chi connectivity index (χ2n) is 7.60. The Morgan fingerprint density at radius 3 is 2.43 bits per heavy atom. The second-order valence-corrected chi connectivity index (χ2v) is 7.60. The Kier molecular flexibility index (Phi) is 4.85. The van der Waals surface area contributed by atoms with Crippen molar-refractivity contribution >= 4 is 5.69 Å². The maximum Gasteiger partial charge on any atom is 0.135 e. The van der Waals surface area contributed by atoms with Crippen molar-refractivity contribution in [2.24, 2.45) is 0 Å². The highest BCUT2D eigenvalue weighted by Gasteiger charge is 2.35. The van der Waals surface area contributed by atoms with Crippen LogP contribution in [0.1, 0.15) is 19.5 Å². The molecule has 2 aromatic carbocycles. The van der Waals surface area contributed by atoms with E-state index >= 15 is 0 Å². The Bertz CT molecular complexity index is 973. The molecule has 0 spiro atoms. The van der Waals surface area contributed by atoms with Gasteiger partial charge in [-0.3, -0.25) is 9.88 Å². The molecule has 0 amide bonds. The highest BCUT2D eigenvalue weighted by Crippen LogP contribution is 2.32. The SMILES string of the molecule is CC(C)(c1cccc(-c2ccc(F)cc2F)n1)N1CCN(c2ccccc2)C1. The predicted octanol–water partition coefficient (Wildman–Crippen LogP) is 5.04. The molecule has 0 unspecified atom stereocenters. The van der Waals surface area contributed by atoms with Crippen LogP contribution in [0.5, 0.6) is 0 Å². The topological polar surface area (TPSA) is 19.4 Å². The first-order chi connectivity index (χ1) is 13.4. The molecular weight excluding hydrogens is 356 g/mol. The third kappa shape index (κ3) is 3.50. The van der Waals surface area contributed by atoms with E-state index in [4.69, 9.17) is 4.98 Å². The Labute approximate surface area is 164 Å². The number of para-hydroxylation sites is 1. The summed E-state index contributed by atoms with van der Waals surface area (Å²) >= 11 is 0. The molecule has 0 aliphatic carbocycles. The minimum absolute atomic E-state index is 0.311. The molecular formula is C23H23F2N3. The van der Waals surface area contributed by atoms with Gasteiger partial charge in [0.15, 0.2) is 0 Å². The van der Waals surface area contributed by atoms with Crippen LogP contribution in [-0.4, -0.2) is 29.6 Å². The minimum atomic E-state index is -0.598.